The molecule has 3 rings (SSSR count). The molecule has 0 radical (unpaired) electrons. The van der Waals surface area contributed by atoms with Crippen LogP contribution in [0.5, 0.6) is 5.75 Å². The largest absolute Gasteiger partial charge is 0.496 e. The molecule has 0 bridgehead atoms. The minimum Gasteiger partial charge on any atom is -0.496 e. The van der Waals surface area contributed by atoms with Crippen LogP contribution < -0.4 is 10.5 Å². The Morgan fingerprint density at radius 1 is 1.10 bits per heavy atom. The topological polar surface area (TPSA) is 35.2 Å². The number of methoxy groups -OCH3 is 1. The lowest BCUT2D eigenvalue weighted by Crippen LogP contribution is -2.14. The number of rotatable bonds is 4. The third-order valence-electron chi connectivity index (χ3n) is 4.59. The standard InChI is InChI=1S/C19H23NO/c1-13-6-11-18(21-2)17(12-13)19(20)16-9-7-15(8-10-16)14-4-3-5-14/h6-12,14,19H,3-5,20H2,1-2H3. The third kappa shape index (κ3) is 2.81. The minimum atomic E-state index is -0.143. The smallest absolute Gasteiger partial charge is 0.123 e. The van der Waals surface area contributed by atoms with Gasteiger partial charge in [0.1, 0.15) is 5.75 Å². The Kier molecular flexibility index (Phi) is 3.98. The first-order valence-corrected chi connectivity index (χ1v) is 7.69. The zero-order chi connectivity index (χ0) is 14.8. The number of hydrogen-bond acceptors (Lipinski definition) is 2. The van der Waals surface area contributed by atoms with Crippen LogP contribution in [0.3, 0.4) is 0 Å². The second-order valence-corrected chi connectivity index (χ2v) is 6.02. The maximum Gasteiger partial charge on any atom is 0.123 e. The molecule has 1 fully saturated rings. The van der Waals surface area contributed by atoms with Crippen molar-refractivity contribution in [3.63, 3.8) is 0 Å². The molecular weight excluding hydrogens is 258 g/mol. The molecule has 0 heterocycles. The van der Waals surface area contributed by atoms with Crippen molar-refractivity contribution >= 4 is 0 Å². The molecule has 2 heteroatoms. The quantitative estimate of drug-likeness (QED) is 0.906. The molecule has 1 atom stereocenters. The molecule has 0 aromatic heterocycles. The number of benzene rings is 2. The molecular formula is C19H23NO. The van der Waals surface area contributed by atoms with E-state index in [2.05, 4.69) is 43.3 Å². The Hall–Kier alpha value is -1.80. The summed E-state index contributed by atoms with van der Waals surface area (Å²) in [5.41, 5.74) is 11.3. The Morgan fingerprint density at radius 2 is 1.81 bits per heavy atom. The highest BCUT2D eigenvalue weighted by Crippen LogP contribution is 2.37. The lowest BCUT2D eigenvalue weighted by atomic mass is 9.79. The van der Waals surface area contributed by atoms with E-state index in [-0.39, 0.29) is 6.04 Å². The highest BCUT2D eigenvalue weighted by Gasteiger charge is 2.20. The summed E-state index contributed by atoms with van der Waals surface area (Å²) in [6.45, 7) is 2.08. The van der Waals surface area contributed by atoms with Gasteiger partial charge >= 0.3 is 0 Å². The zero-order valence-electron chi connectivity index (χ0n) is 12.8. The van der Waals surface area contributed by atoms with Crippen LogP contribution in [0.2, 0.25) is 0 Å². The normalized spacial score (nSPS) is 16.3. The third-order valence-corrected chi connectivity index (χ3v) is 4.59. The lowest BCUT2D eigenvalue weighted by molar-refractivity contribution is 0.407. The van der Waals surface area contributed by atoms with E-state index >= 15 is 0 Å². The molecule has 0 aliphatic heterocycles. The van der Waals surface area contributed by atoms with Crippen molar-refractivity contribution in [3.8, 4) is 5.75 Å². The average molecular weight is 281 g/mol. The maximum atomic E-state index is 6.45. The Labute approximate surface area is 126 Å². The lowest BCUT2D eigenvalue weighted by Gasteiger charge is -2.26. The SMILES string of the molecule is COc1ccc(C)cc1C(N)c1ccc(C2CCC2)cc1. The van der Waals surface area contributed by atoms with Gasteiger partial charge in [-0.2, -0.15) is 0 Å². The summed E-state index contributed by atoms with van der Waals surface area (Å²) < 4.78 is 5.45. The monoisotopic (exact) mass is 281 g/mol. The molecule has 21 heavy (non-hydrogen) atoms. The molecule has 0 spiro atoms. The molecule has 1 unspecified atom stereocenters. The Bertz CT molecular complexity index is 614. The van der Waals surface area contributed by atoms with Crippen molar-refractivity contribution in [1.29, 1.82) is 0 Å². The van der Waals surface area contributed by atoms with Gasteiger partial charge in [-0.05, 0) is 42.9 Å². The van der Waals surface area contributed by atoms with E-state index in [1.54, 1.807) is 7.11 Å². The fourth-order valence-corrected chi connectivity index (χ4v) is 2.99. The number of nitrogens with two attached hydrogens (primary N) is 1. The van der Waals surface area contributed by atoms with Crippen LogP contribution in [-0.2, 0) is 0 Å². The van der Waals surface area contributed by atoms with Crippen molar-refractivity contribution in [2.45, 2.75) is 38.1 Å². The average Bonchev–Trinajstić information content (AvgIpc) is 2.45. The molecule has 1 aliphatic carbocycles. The molecule has 0 amide bonds. The molecule has 1 saturated carbocycles. The maximum absolute atomic E-state index is 6.45. The summed E-state index contributed by atoms with van der Waals surface area (Å²) in [6, 6.07) is 14.8. The first-order chi connectivity index (χ1) is 10.2. The van der Waals surface area contributed by atoms with Crippen LogP contribution in [0.25, 0.3) is 0 Å². The Balaban J connectivity index is 1.87. The van der Waals surface area contributed by atoms with E-state index in [0.29, 0.717) is 0 Å². The van der Waals surface area contributed by atoms with Gasteiger partial charge in [0.25, 0.3) is 0 Å². The van der Waals surface area contributed by atoms with E-state index in [1.807, 2.05) is 6.07 Å². The van der Waals surface area contributed by atoms with E-state index in [0.717, 1.165) is 22.8 Å². The summed E-state index contributed by atoms with van der Waals surface area (Å²) >= 11 is 0. The highest BCUT2D eigenvalue weighted by molar-refractivity contribution is 5.44. The minimum absolute atomic E-state index is 0.143. The second kappa shape index (κ2) is 5.90. The van der Waals surface area contributed by atoms with E-state index in [9.17, 15) is 0 Å². The fourth-order valence-electron chi connectivity index (χ4n) is 2.99. The van der Waals surface area contributed by atoms with Crippen molar-refractivity contribution in [3.05, 3.63) is 64.7 Å². The van der Waals surface area contributed by atoms with Crippen molar-refractivity contribution in [2.24, 2.45) is 5.73 Å². The summed E-state index contributed by atoms with van der Waals surface area (Å²) in [6.07, 6.45) is 4.03. The predicted molar refractivity (Wildman–Crippen MR) is 86.8 cm³/mol. The fraction of sp³-hybridized carbons (Fsp3) is 0.368. The number of ether oxygens (including phenoxy) is 1. The first-order valence-electron chi connectivity index (χ1n) is 7.69. The van der Waals surface area contributed by atoms with Crippen LogP contribution in [-0.4, -0.2) is 7.11 Å². The predicted octanol–water partition coefficient (Wildman–Crippen LogP) is 4.32. The molecule has 1 aliphatic rings. The van der Waals surface area contributed by atoms with Crippen molar-refractivity contribution in [1.82, 2.24) is 0 Å². The molecule has 2 aromatic carbocycles. The van der Waals surface area contributed by atoms with Crippen LogP contribution >= 0.6 is 0 Å². The van der Waals surface area contributed by atoms with Gasteiger partial charge in [0.15, 0.2) is 0 Å². The highest BCUT2D eigenvalue weighted by atomic mass is 16.5. The number of aryl methyl sites for hydroxylation is 1. The van der Waals surface area contributed by atoms with Crippen LogP contribution in [0.4, 0.5) is 0 Å². The van der Waals surface area contributed by atoms with Crippen LogP contribution in [0.1, 0.15) is 53.5 Å². The van der Waals surface area contributed by atoms with E-state index in [4.69, 9.17) is 10.5 Å². The summed E-state index contributed by atoms with van der Waals surface area (Å²) in [5, 5.41) is 0. The van der Waals surface area contributed by atoms with E-state index < -0.39 is 0 Å². The molecule has 110 valence electrons. The molecule has 2 nitrogen and oxygen atoms in total. The van der Waals surface area contributed by atoms with Gasteiger partial charge in [0, 0.05) is 5.56 Å². The van der Waals surface area contributed by atoms with Crippen molar-refractivity contribution < 1.29 is 4.74 Å². The summed E-state index contributed by atoms with van der Waals surface area (Å²) in [5.74, 6) is 1.62. The van der Waals surface area contributed by atoms with Gasteiger partial charge in [0.2, 0.25) is 0 Å². The van der Waals surface area contributed by atoms with Gasteiger partial charge < -0.3 is 10.5 Å². The van der Waals surface area contributed by atoms with Crippen LogP contribution in [0.15, 0.2) is 42.5 Å². The van der Waals surface area contributed by atoms with E-state index in [1.165, 1.54) is 30.4 Å². The zero-order valence-corrected chi connectivity index (χ0v) is 12.8. The summed E-state index contributed by atoms with van der Waals surface area (Å²) in [7, 11) is 1.70. The first kappa shape index (κ1) is 14.2. The molecule has 0 saturated heterocycles. The van der Waals surface area contributed by atoms with Gasteiger partial charge in [-0.3, -0.25) is 0 Å². The number of hydrogen-bond donors (Lipinski definition) is 1. The molecule has 2 aromatic rings. The Morgan fingerprint density at radius 3 is 2.38 bits per heavy atom. The van der Waals surface area contributed by atoms with Gasteiger partial charge in [0.05, 0.1) is 13.2 Å². The second-order valence-electron chi connectivity index (χ2n) is 6.02. The van der Waals surface area contributed by atoms with Gasteiger partial charge in [-0.1, -0.05) is 48.4 Å². The summed E-state index contributed by atoms with van der Waals surface area (Å²) in [4.78, 5) is 0. The van der Waals surface area contributed by atoms with Gasteiger partial charge in [-0.15, -0.1) is 0 Å². The molecule has 2 N–H and O–H groups in total. The van der Waals surface area contributed by atoms with Crippen LogP contribution in [0, 0.1) is 6.92 Å². The van der Waals surface area contributed by atoms with Crippen molar-refractivity contribution in [2.75, 3.05) is 7.11 Å². The van der Waals surface area contributed by atoms with Gasteiger partial charge in [-0.25, -0.2) is 0 Å².